The van der Waals surface area contributed by atoms with E-state index in [9.17, 15) is 9.59 Å². The molecule has 0 amide bonds. The molecule has 0 N–H and O–H groups in total. The zero-order valence-electron chi connectivity index (χ0n) is 15.9. The van der Waals surface area contributed by atoms with Crippen molar-refractivity contribution in [3.63, 3.8) is 0 Å². The van der Waals surface area contributed by atoms with E-state index in [1.807, 2.05) is 13.0 Å². The van der Waals surface area contributed by atoms with Gasteiger partial charge >= 0.3 is 11.6 Å². The number of hydrogen-bond donors (Lipinski definition) is 0. The summed E-state index contributed by atoms with van der Waals surface area (Å²) in [5, 5.41) is 0.307. The fourth-order valence-corrected chi connectivity index (χ4v) is 3.59. The summed E-state index contributed by atoms with van der Waals surface area (Å²) < 4.78 is 11.0. The first-order valence-corrected chi connectivity index (χ1v) is 9.99. The molecule has 0 saturated heterocycles. The van der Waals surface area contributed by atoms with Crippen LogP contribution in [0.2, 0.25) is 5.02 Å². The third-order valence-electron chi connectivity index (χ3n) is 4.79. The van der Waals surface area contributed by atoms with Crippen molar-refractivity contribution in [3.8, 4) is 16.9 Å². The molecule has 6 heteroatoms. The summed E-state index contributed by atoms with van der Waals surface area (Å²) in [6.07, 6.45) is 0. The van der Waals surface area contributed by atoms with Crippen molar-refractivity contribution in [1.29, 1.82) is 0 Å². The minimum absolute atomic E-state index is 0.313. The Morgan fingerprint density at radius 3 is 2.40 bits per heavy atom. The van der Waals surface area contributed by atoms with Crippen LogP contribution in [0.5, 0.6) is 5.75 Å². The van der Waals surface area contributed by atoms with Crippen LogP contribution in [0.3, 0.4) is 0 Å². The second kappa shape index (κ2) is 8.34. The number of fused-ring (bicyclic) bond motifs is 1. The average molecular weight is 439 g/mol. The van der Waals surface area contributed by atoms with Crippen molar-refractivity contribution >= 4 is 40.1 Å². The van der Waals surface area contributed by atoms with Gasteiger partial charge in [-0.05, 0) is 53.9 Å². The van der Waals surface area contributed by atoms with Crippen LogP contribution in [0.25, 0.3) is 22.1 Å². The lowest BCUT2D eigenvalue weighted by molar-refractivity contribution is -0.134. The number of halogens is 2. The van der Waals surface area contributed by atoms with E-state index >= 15 is 0 Å². The van der Waals surface area contributed by atoms with Gasteiger partial charge in [0.05, 0.1) is 5.56 Å². The number of hydrogen-bond acceptors (Lipinski definition) is 4. The first kappa shape index (κ1) is 20.2. The third-order valence-corrected chi connectivity index (χ3v) is 5.47. The Morgan fingerprint density at radius 2 is 1.70 bits per heavy atom. The maximum Gasteiger partial charge on any atom is 0.344 e. The van der Waals surface area contributed by atoms with Crippen LogP contribution < -0.4 is 10.4 Å². The highest BCUT2D eigenvalue weighted by molar-refractivity contribution is 6.30. The molecule has 150 valence electrons. The highest BCUT2D eigenvalue weighted by Crippen LogP contribution is 2.31. The van der Waals surface area contributed by atoms with E-state index in [0.29, 0.717) is 44.0 Å². The normalized spacial score (nSPS) is 12.0. The van der Waals surface area contributed by atoms with E-state index in [2.05, 4.69) is 0 Å². The molecule has 1 aromatic heterocycles. The molecular formula is C24H16Cl2O4. The van der Waals surface area contributed by atoms with Crippen LogP contribution in [-0.4, -0.2) is 5.97 Å². The van der Waals surface area contributed by atoms with Gasteiger partial charge in [-0.3, -0.25) is 0 Å². The van der Waals surface area contributed by atoms with Crippen LogP contribution in [-0.2, 0) is 4.79 Å². The second-order valence-corrected chi connectivity index (χ2v) is 7.62. The third kappa shape index (κ3) is 3.97. The molecule has 1 atom stereocenters. The molecule has 4 aromatic rings. The van der Waals surface area contributed by atoms with Gasteiger partial charge in [0.2, 0.25) is 0 Å². The van der Waals surface area contributed by atoms with Gasteiger partial charge in [0.25, 0.3) is 0 Å². The fraction of sp³-hybridized carbons (Fsp3) is 0.0833. The van der Waals surface area contributed by atoms with Gasteiger partial charge in [0.1, 0.15) is 11.3 Å². The van der Waals surface area contributed by atoms with E-state index in [1.165, 1.54) is 0 Å². The lowest BCUT2D eigenvalue weighted by Crippen LogP contribution is -2.14. The van der Waals surface area contributed by atoms with Crippen LogP contribution >= 0.6 is 23.2 Å². The number of carbonyl (C=O) groups excluding carboxylic acids is 1. The highest BCUT2D eigenvalue weighted by Gasteiger charge is 2.21. The lowest BCUT2D eigenvalue weighted by atomic mass is 9.99. The van der Waals surface area contributed by atoms with Gasteiger partial charge in [-0.25, -0.2) is 9.59 Å². The average Bonchev–Trinajstić information content (AvgIpc) is 2.75. The lowest BCUT2D eigenvalue weighted by Gasteiger charge is -2.12. The summed E-state index contributed by atoms with van der Waals surface area (Å²) in [5.41, 5.74) is 2.45. The number of ether oxygens (including phenoxy) is 1. The minimum Gasteiger partial charge on any atom is -0.425 e. The number of benzene rings is 3. The SMILES string of the molecule is Cc1c(-c2ccc(Cl)cc2)c(=O)oc2ccc(OC(=O)C(Cl)c3ccccc3)cc12. The number of esters is 1. The van der Waals surface area contributed by atoms with E-state index in [4.69, 9.17) is 32.4 Å². The minimum atomic E-state index is -0.929. The Bertz CT molecular complexity index is 1280. The summed E-state index contributed by atoms with van der Waals surface area (Å²) in [6.45, 7) is 1.82. The van der Waals surface area contributed by atoms with Crippen molar-refractivity contribution in [2.45, 2.75) is 12.3 Å². The number of aryl methyl sites for hydroxylation is 1. The molecule has 30 heavy (non-hydrogen) atoms. The fourth-order valence-electron chi connectivity index (χ4n) is 3.27. The summed E-state index contributed by atoms with van der Waals surface area (Å²) in [6, 6.07) is 20.7. The Balaban J connectivity index is 1.70. The maximum atomic E-state index is 12.5. The molecule has 1 heterocycles. The monoisotopic (exact) mass is 438 g/mol. The van der Waals surface area contributed by atoms with Crippen LogP contribution in [0.15, 0.2) is 82.0 Å². The molecule has 0 radical (unpaired) electrons. The largest absolute Gasteiger partial charge is 0.425 e. The molecule has 1 unspecified atom stereocenters. The van der Waals surface area contributed by atoms with Crippen molar-refractivity contribution in [3.05, 3.63) is 99.4 Å². The molecule has 0 saturated carbocycles. The maximum absolute atomic E-state index is 12.5. The molecule has 3 aromatic carbocycles. The molecule has 4 rings (SSSR count). The Kier molecular flexibility index (Phi) is 5.62. The van der Waals surface area contributed by atoms with Crippen molar-refractivity contribution < 1.29 is 13.9 Å². The van der Waals surface area contributed by atoms with Gasteiger partial charge < -0.3 is 9.15 Å². The zero-order valence-corrected chi connectivity index (χ0v) is 17.4. The molecule has 0 spiro atoms. The van der Waals surface area contributed by atoms with Gasteiger partial charge in [-0.1, -0.05) is 54.1 Å². The summed E-state index contributed by atoms with van der Waals surface area (Å²) in [7, 11) is 0. The zero-order chi connectivity index (χ0) is 21.3. The molecule has 0 aliphatic heterocycles. The van der Waals surface area contributed by atoms with E-state index in [-0.39, 0.29) is 0 Å². The van der Waals surface area contributed by atoms with E-state index in [1.54, 1.807) is 66.7 Å². The predicted molar refractivity (Wildman–Crippen MR) is 118 cm³/mol. The Morgan fingerprint density at radius 1 is 1.00 bits per heavy atom. The second-order valence-electron chi connectivity index (χ2n) is 6.75. The van der Waals surface area contributed by atoms with Gasteiger partial charge in [-0.2, -0.15) is 0 Å². The molecule has 0 aliphatic rings. The number of rotatable bonds is 4. The van der Waals surface area contributed by atoms with Crippen LogP contribution in [0.1, 0.15) is 16.5 Å². The summed E-state index contributed by atoms with van der Waals surface area (Å²) in [5.74, 6) is -0.275. The topological polar surface area (TPSA) is 56.5 Å². The smallest absolute Gasteiger partial charge is 0.344 e. The van der Waals surface area contributed by atoms with Gasteiger partial charge in [-0.15, -0.1) is 11.6 Å². The van der Waals surface area contributed by atoms with E-state index < -0.39 is 17.0 Å². The summed E-state index contributed by atoms with van der Waals surface area (Å²) in [4.78, 5) is 25.0. The van der Waals surface area contributed by atoms with Crippen LogP contribution in [0, 0.1) is 6.92 Å². The Hall–Kier alpha value is -3.08. The number of carbonyl (C=O) groups is 1. The Labute approximate surface area is 182 Å². The molecule has 0 bridgehead atoms. The standard InChI is InChI=1S/C24H16Cl2O4/c1-14-19-13-18(29-24(28)22(26)16-5-3-2-4-6-16)11-12-20(19)30-23(27)21(14)15-7-9-17(25)10-8-15/h2-13,22H,1H3. The molecule has 4 nitrogen and oxygen atoms in total. The first-order chi connectivity index (χ1) is 14.4. The van der Waals surface area contributed by atoms with E-state index in [0.717, 1.165) is 0 Å². The molecule has 0 aliphatic carbocycles. The van der Waals surface area contributed by atoms with Crippen LogP contribution in [0.4, 0.5) is 0 Å². The predicted octanol–water partition coefficient (Wildman–Crippen LogP) is 6.31. The molecule has 0 fully saturated rings. The number of alkyl halides is 1. The van der Waals surface area contributed by atoms with Gasteiger partial charge in [0, 0.05) is 10.4 Å². The summed E-state index contributed by atoms with van der Waals surface area (Å²) >= 11 is 12.2. The molecular weight excluding hydrogens is 423 g/mol. The van der Waals surface area contributed by atoms with Gasteiger partial charge in [0.15, 0.2) is 5.38 Å². The highest BCUT2D eigenvalue weighted by atomic mass is 35.5. The first-order valence-electron chi connectivity index (χ1n) is 9.18. The quantitative estimate of drug-likeness (QED) is 0.162. The van der Waals surface area contributed by atoms with Crippen molar-refractivity contribution in [1.82, 2.24) is 0 Å². The van der Waals surface area contributed by atoms with Crippen molar-refractivity contribution in [2.75, 3.05) is 0 Å². The van der Waals surface area contributed by atoms with Crippen molar-refractivity contribution in [2.24, 2.45) is 0 Å².